The van der Waals surface area contributed by atoms with Crippen molar-refractivity contribution in [1.29, 1.82) is 0 Å². The zero-order chi connectivity index (χ0) is 14.5. The lowest BCUT2D eigenvalue weighted by Gasteiger charge is -2.19. The van der Waals surface area contributed by atoms with Gasteiger partial charge in [0.15, 0.2) is 5.69 Å². The highest BCUT2D eigenvalue weighted by atomic mass is 16.2. The van der Waals surface area contributed by atoms with Gasteiger partial charge in [0.25, 0.3) is 5.91 Å². The predicted molar refractivity (Wildman–Crippen MR) is 76.5 cm³/mol. The van der Waals surface area contributed by atoms with E-state index in [0.717, 1.165) is 5.69 Å². The van der Waals surface area contributed by atoms with Crippen LogP contribution in [0, 0.1) is 5.92 Å². The zero-order valence-corrected chi connectivity index (χ0v) is 11.7. The number of hydrogen-bond donors (Lipinski definition) is 2. The quantitative estimate of drug-likeness (QED) is 0.850. The first-order valence-electron chi connectivity index (χ1n) is 6.60. The van der Waals surface area contributed by atoms with Crippen LogP contribution in [-0.2, 0) is 0 Å². The van der Waals surface area contributed by atoms with E-state index in [0.29, 0.717) is 6.54 Å². The fourth-order valence-electron chi connectivity index (χ4n) is 1.79. The number of hydrogen-bond acceptors (Lipinski definition) is 4. The first kappa shape index (κ1) is 14.2. The van der Waals surface area contributed by atoms with Gasteiger partial charge in [0, 0.05) is 12.6 Å². The van der Waals surface area contributed by atoms with Crippen molar-refractivity contribution >= 4 is 5.91 Å². The highest BCUT2D eigenvalue weighted by molar-refractivity contribution is 5.92. The molecule has 6 heteroatoms. The summed E-state index contributed by atoms with van der Waals surface area (Å²) in [6, 6.07) is 9.37. The fraction of sp³-hybridized carbons (Fsp3) is 0.357. The third-order valence-electron chi connectivity index (χ3n) is 3.09. The van der Waals surface area contributed by atoms with Gasteiger partial charge in [-0.05, 0) is 18.1 Å². The van der Waals surface area contributed by atoms with E-state index in [-0.39, 0.29) is 23.6 Å². The van der Waals surface area contributed by atoms with Gasteiger partial charge in [-0.25, -0.2) is 0 Å². The normalized spacial score (nSPS) is 12.4. The second kappa shape index (κ2) is 6.29. The highest BCUT2D eigenvalue weighted by Gasteiger charge is 2.18. The molecule has 1 heterocycles. The monoisotopic (exact) mass is 273 g/mol. The van der Waals surface area contributed by atoms with Gasteiger partial charge in [-0.15, -0.1) is 5.10 Å². The van der Waals surface area contributed by atoms with E-state index < -0.39 is 0 Å². The van der Waals surface area contributed by atoms with Gasteiger partial charge in [0.2, 0.25) is 0 Å². The number of nitrogens with one attached hydrogen (secondary N) is 1. The van der Waals surface area contributed by atoms with Crippen LogP contribution in [0.25, 0.3) is 5.69 Å². The maximum Gasteiger partial charge on any atom is 0.273 e. The standard InChI is InChI=1S/C14H19N5O/c1-10(2)12(8-15)17-14(20)13-9-16-19(18-13)11-6-4-3-5-7-11/h3-7,9-10,12H,8,15H2,1-2H3,(H,17,20). The lowest BCUT2D eigenvalue weighted by atomic mass is 10.0. The third-order valence-corrected chi connectivity index (χ3v) is 3.09. The Bertz CT molecular complexity index is 564. The van der Waals surface area contributed by atoms with Crippen molar-refractivity contribution in [2.45, 2.75) is 19.9 Å². The van der Waals surface area contributed by atoms with Crippen LogP contribution < -0.4 is 11.1 Å². The maximum absolute atomic E-state index is 12.1. The summed E-state index contributed by atoms with van der Waals surface area (Å²) in [7, 11) is 0. The third kappa shape index (κ3) is 3.21. The molecule has 0 spiro atoms. The number of carbonyl (C=O) groups excluding carboxylic acids is 1. The van der Waals surface area contributed by atoms with Gasteiger partial charge < -0.3 is 11.1 Å². The van der Waals surface area contributed by atoms with Gasteiger partial charge >= 0.3 is 0 Å². The molecule has 0 saturated heterocycles. The average molecular weight is 273 g/mol. The van der Waals surface area contributed by atoms with Crippen LogP contribution >= 0.6 is 0 Å². The molecule has 2 aromatic rings. The lowest BCUT2D eigenvalue weighted by Crippen LogP contribution is -2.43. The smallest absolute Gasteiger partial charge is 0.273 e. The molecule has 0 aliphatic heterocycles. The first-order chi connectivity index (χ1) is 9.61. The van der Waals surface area contributed by atoms with Gasteiger partial charge in [-0.2, -0.15) is 9.90 Å². The number of para-hydroxylation sites is 1. The number of rotatable bonds is 5. The minimum atomic E-state index is -0.253. The van der Waals surface area contributed by atoms with Crippen molar-refractivity contribution in [3.05, 3.63) is 42.2 Å². The van der Waals surface area contributed by atoms with Crippen LogP contribution in [0.4, 0.5) is 0 Å². The number of amides is 1. The first-order valence-corrected chi connectivity index (χ1v) is 6.60. The van der Waals surface area contributed by atoms with E-state index in [4.69, 9.17) is 5.73 Å². The summed E-state index contributed by atoms with van der Waals surface area (Å²) in [5.74, 6) is 0.0180. The molecule has 1 atom stereocenters. The van der Waals surface area contributed by atoms with Gasteiger partial charge in [0.1, 0.15) is 0 Å². The van der Waals surface area contributed by atoms with Crippen molar-refractivity contribution in [3.63, 3.8) is 0 Å². The van der Waals surface area contributed by atoms with Crippen molar-refractivity contribution < 1.29 is 4.79 Å². The van der Waals surface area contributed by atoms with E-state index in [9.17, 15) is 4.79 Å². The van der Waals surface area contributed by atoms with Crippen molar-refractivity contribution in [2.24, 2.45) is 11.7 Å². The maximum atomic E-state index is 12.1. The highest BCUT2D eigenvalue weighted by Crippen LogP contribution is 2.05. The molecule has 1 unspecified atom stereocenters. The van der Waals surface area contributed by atoms with E-state index in [1.165, 1.54) is 11.0 Å². The van der Waals surface area contributed by atoms with Crippen LogP contribution in [0.1, 0.15) is 24.3 Å². The minimum Gasteiger partial charge on any atom is -0.346 e. The molecule has 20 heavy (non-hydrogen) atoms. The Morgan fingerprint density at radius 1 is 1.35 bits per heavy atom. The van der Waals surface area contributed by atoms with Crippen molar-refractivity contribution in [2.75, 3.05) is 6.54 Å². The molecular formula is C14H19N5O. The molecule has 6 nitrogen and oxygen atoms in total. The second-order valence-corrected chi connectivity index (χ2v) is 4.91. The molecule has 106 valence electrons. The van der Waals surface area contributed by atoms with Gasteiger partial charge in [0.05, 0.1) is 11.9 Å². The van der Waals surface area contributed by atoms with Crippen LogP contribution in [0.5, 0.6) is 0 Å². The van der Waals surface area contributed by atoms with Gasteiger partial charge in [-0.1, -0.05) is 32.0 Å². The Morgan fingerprint density at radius 2 is 2.05 bits per heavy atom. The summed E-state index contributed by atoms with van der Waals surface area (Å²) in [5, 5.41) is 11.1. The zero-order valence-electron chi connectivity index (χ0n) is 11.7. The largest absolute Gasteiger partial charge is 0.346 e. The van der Waals surface area contributed by atoms with E-state index in [2.05, 4.69) is 15.5 Å². The van der Waals surface area contributed by atoms with E-state index in [1.807, 2.05) is 44.2 Å². The molecule has 0 bridgehead atoms. The summed E-state index contributed by atoms with van der Waals surface area (Å²) in [6.07, 6.45) is 1.45. The molecule has 0 fully saturated rings. The second-order valence-electron chi connectivity index (χ2n) is 4.91. The summed E-state index contributed by atoms with van der Waals surface area (Å²) in [4.78, 5) is 13.5. The van der Waals surface area contributed by atoms with Gasteiger partial charge in [-0.3, -0.25) is 4.79 Å². The predicted octanol–water partition coefficient (Wildman–Crippen LogP) is 0.980. The summed E-state index contributed by atoms with van der Waals surface area (Å²) in [6.45, 7) is 4.42. The minimum absolute atomic E-state index is 0.0654. The molecule has 2 rings (SSSR count). The molecule has 0 aliphatic rings. The molecule has 1 aromatic heterocycles. The summed E-state index contributed by atoms with van der Waals surface area (Å²) in [5.41, 5.74) is 6.74. The molecule has 1 amide bonds. The topological polar surface area (TPSA) is 85.8 Å². The summed E-state index contributed by atoms with van der Waals surface area (Å²) >= 11 is 0. The lowest BCUT2D eigenvalue weighted by molar-refractivity contribution is 0.0922. The molecule has 0 saturated carbocycles. The van der Waals surface area contributed by atoms with Crippen LogP contribution in [-0.4, -0.2) is 33.5 Å². The average Bonchev–Trinajstić information content (AvgIpc) is 2.95. The number of nitrogens with zero attached hydrogens (tertiary/aromatic N) is 3. The molecule has 1 aromatic carbocycles. The number of nitrogens with two attached hydrogens (primary N) is 1. The number of benzene rings is 1. The van der Waals surface area contributed by atoms with Crippen molar-refractivity contribution in [3.8, 4) is 5.69 Å². The Hall–Kier alpha value is -2.21. The van der Waals surface area contributed by atoms with Crippen LogP contribution in [0.2, 0.25) is 0 Å². The Morgan fingerprint density at radius 3 is 2.65 bits per heavy atom. The number of carbonyl (C=O) groups is 1. The Labute approximate surface area is 118 Å². The number of aromatic nitrogens is 3. The molecular weight excluding hydrogens is 254 g/mol. The molecule has 0 aliphatic carbocycles. The SMILES string of the molecule is CC(C)C(CN)NC(=O)c1cnn(-c2ccccc2)n1. The Balaban J connectivity index is 2.11. The van der Waals surface area contributed by atoms with E-state index in [1.54, 1.807) is 0 Å². The van der Waals surface area contributed by atoms with Crippen LogP contribution in [0.3, 0.4) is 0 Å². The van der Waals surface area contributed by atoms with Crippen LogP contribution in [0.15, 0.2) is 36.5 Å². The molecule has 3 N–H and O–H groups in total. The molecule has 0 radical (unpaired) electrons. The van der Waals surface area contributed by atoms with Crippen molar-refractivity contribution in [1.82, 2.24) is 20.3 Å². The summed E-state index contributed by atoms with van der Waals surface area (Å²) < 4.78 is 0. The van der Waals surface area contributed by atoms with E-state index >= 15 is 0 Å². The fourth-order valence-corrected chi connectivity index (χ4v) is 1.79. The Kier molecular flexibility index (Phi) is 4.47.